The number of fused-ring (bicyclic) bond motifs is 1. The molecule has 0 spiro atoms. The topological polar surface area (TPSA) is 98.2 Å². The molecule has 124 valence electrons. The van der Waals surface area contributed by atoms with Crippen LogP contribution in [0.3, 0.4) is 0 Å². The van der Waals surface area contributed by atoms with Gasteiger partial charge in [0.25, 0.3) is 0 Å². The first-order chi connectivity index (χ1) is 11.5. The summed E-state index contributed by atoms with van der Waals surface area (Å²) in [4.78, 5) is 21.0. The highest BCUT2D eigenvalue weighted by molar-refractivity contribution is 7.92. The van der Waals surface area contributed by atoms with Gasteiger partial charge in [0, 0.05) is 0 Å². The van der Waals surface area contributed by atoms with Crippen molar-refractivity contribution in [2.24, 2.45) is 0 Å². The standard InChI is InChI=1S/C15H13N3O4S2/c1-22-10-2-4-11(5-3-10)24(20,21)8-13(19)18-14-12-6-7-23-15(12)17-9-16-14/h2-7,9H,8H2,1H3,(H,16,17,18,19). The number of anilines is 1. The second kappa shape index (κ2) is 6.54. The number of amides is 1. The van der Waals surface area contributed by atoms with Crippen LogP contribution in [-0.2, 0) is 14.6 Å². The minimum Gasteiger partial charge on any atom is -0.497 e. The molecule has 0 atom stereocenters. The van der Waals surface area contributed by atoms with Crippen LogP contribution in [0.4, 0.5) is 5.82 Å². The number of nitrogens with zero attached hydrogens (tertiary/aromatic N) is 2. The fourth-order valence-electron chi connectivity index (χ4n) is 2.10. The third kappa shape index (κ3) is 3.36. The SMILES string of the molecule is COc1ccc(S(=O)(=O)CC(=O)Nc2ncnc3sccc23)cc1. The Balaban J connectivity index is 1.77. The van der Waals surface area contributed by atoms with E-state index in [0.29, 0.717) is 17.0 Å². The first-order valence-electron chi connectivity index (χ1n) is 6.84. The first-order valence-corrected chi connectivity index (χ1v) is 9.37. The van der Waals surface area contributed by atoms with E-state index in [1.54, 1.807) is 6.07 Å². The van der Waals surface area contributed by atoms with Crippen molar-refractivity contribution in [3.8, 4) is 5.75 Å². The smallest absolute Gasteiger partial charge is 0.241 e. The van der Waals surface area contributed by atoms with Gasteiger partial charge in [-0.1, -0.05) is 0 Å². The maximum absolute atomic E-state index is 12.3. The molecule has 0 aliphatic rings. The van der Waals surface area contributed by atoms with Gasteiger partial charge in [-0.15, -0.1) is 11.3 Å². The number of carbonyl (C=O) groups is 1. The van der Waals surface area contributed by atoms with E-state index in [0.717, 1.165) is 4.83 Å². The predicted octanol–water partition coefficient (Wildman–Crippen LogP) is 2.11. The van der Waals surface area contributed by atoms with Gasteiger partial charge in [-0.3, -0.25) is 4.79 Å². The van der Waals surface area contributed by atoms with E-state index in [9.17, 15) is 13.2 Å². The third-order valence-electron chi connectivity index (χ3n) is 3.26. The van der Waals surface area contributed by atoms with Crippen molar-refractivity contribution < 1.29 is 17.9 Å². The Kier molecular flexibility index (Phi) is 4.45. The molecule has 24 heavy (non-hydrogen) atoms. The molecule has 0 aliphatic carbocycles. The molecular formula is C15H13N3O4S2. The summed E-state index contributed by atoms with van der Waals surface area (Å²) in [5.74, 6) is -0.484. The first kappa shape index (κ1) is 16.3. The minimum absolute atomic E-state index is 0.0572. The van der Waals surface area contributed by atoms with Gasteiger partial charge in [-0.2, -0.15) is 0 Å². The molecule has 0 saturated carbocycles. The second-order valence-electron chi connectivity index (χ2n) is 4.84. The molecule has 0 aliphatic heterocycles. The molecule has 3 aromatic rings. The van der Waals surface area contributed by atoms with E-state index in [2.05, 4.69) is 15.3 Å². The van der Waals surface area contributed by atoms with Crippen molar-refractivity contribution >= 4 is 43.1 Å². The Labute approximate surface area is 142 Å². The molecule has 0 radical (unpaired) electrons. The van der Waals surface area contributed by atoms with Gasteiger partial charge < -0.3 is 10.1 Å². The highest BCUT2D eigenvalue weighted by atomic mass is 32.2. The van der Waals surface area contributed by atoms with Crippen molar-refractivity contribution in [3.05, 3.63) is 42.0 Å². The molecule has 1 amide bonds. The lowest BCUT2D eigenvalue weighted by molar-refractivity contribution is -0.113. The Hall–Kier alpha value is -2.52. The molecule has 0 unspecified atom stereocenters. The van der Waals surface area contributed by atoms with Gasteiger partial charge in [0.05, 0.1) is 17.4 Å². The van der Waals surface area contributed by atoms with Crippen LogP contribution in [0, 0.1) is 0 Å². The molecule has 0 saturated heterocycles. The van der Waals surface area contributed by atoms with Crippen molar-refractivity contribution in [1.82, 2.24) is 9.97 Å². The largest absolute Gasteiger partial charge is 0.497 e. The maximum atomic E-state index is 12.3. The van der Waals surface area contributed by atoms with Gasteiger partial charge in [0.1, 0.15) is 28.5 Å². The molecule has 2 heterocycles. The maximum Gasteiger partial charge on any atom is 0.241 e. The predicted molar refractivity (Wildman–Crippen MR) is 91.1 cm³/mol. The molecule has 1 N–H and O–H groups in total. The molecule has 7 nitrogen and oxygen atoms in total. The quantitative estimate of drug-likeness (QED) is 0.745. The zero-order valence-electron chi connectivity index (χ0n) is 12.6. The van der Waals surface area contributed by atoms with E-state index in [-0.39, 0.29) is 4.90 Å². The van der Waals surface area contributed by atoms with Crippen molar-refractivity contribution in [2.75, 3.05) is 18.2 Å². The number of sulfone groups is 1. The van der Waals surface area contributed by atoms with Gasteiger partial charge in [-0.05, 0) is 35.7 Å². The highest BCUT2D eigenvalue weighted by Gasteiger charge is 2.20. The van der Waals surface area contributed by atoms with E-state index in [4.69, 9.17) is 4.74 Å². The van der Waals surface area contributed by atoms with Crippen LogP contribution in [0.2, 0.25) is 0 Å². The number of methoxy groups -OCH3 is 1. The summed E-state index contributed by atoms with van der Waals surface area (Å²) in [5.41, 5.74) is 0. The number of ether oxygens (including phenoxy) is 1. The van der Waals surface area contributed by atoms with Crippen LogP contribution in [-0.4, -0.2) is 37.2 Å². The Morgan fingerprint density at radius 1 is 1.21 bits per heavy atom. The fraction of sp³-hybridized carbons (Fsp3) is 0.133. The number of nitrogens with one attached hydrogen (secondary N) is 1. The van der Waals surface area contributed by atoms with Crippen LogP contribution in [0.5, 0.6) is 5.75 Å². The number of carbonyl (C=O) groups excluding carboxylic acids is 1. The summed E-state index contributed by atoms with van der Waals surface area (Å²) in [6, 6.07) is 7.65. The summed E-state index contributed by atoms with van der Waals surface area (Å²) in [7, 11) is -2.26. The van der Waals surface area contributed by atoms with Crippen LogP contribution < -0.4 is 10.1 Å². The van der Waals surface area contributed by atoms with E-state index in [1.165, 1.54) is 49.0 Å². The lowest BCUT2D eigenvalue weighted by Crippen LogP contribution is -2.23. The lowest BCUT2D eigenvalue weighted by atomic mass is 10.3. The summed E-state index contributed by atoms with van der Waals surface area (Å²) in [6.07, 6.45) is 1.33. The van der Waals surface area contributed by atoms with Gasteiger partial charge in [0.2, 0.25) is 5.91 Å². The van der Waals surface area contributed by atoms with Crippen LogP contribution >= 0.6 is 11.3 Å². The van der Waals surface area contributed by atoms with Gasteiger partial charge in [-0.25, -0.2) is 18.4 Å². The lowest BCUT2D eigenvalue weighted by Gasteiger charge is -2.07. The molecule has 3 rings (SSSR count). The number of hydrogen-bond donors (Lipinski definition) is 1. The summed E-state index contributed by atoms with van der Waals surface area (Å²) >= 11 is 1.41. The van der Waals surface area contributed by atoms with Gasteiger partial charge >= 0.3 is 0 Å². The Bertz CT molecular complexity index is 981. The summed E-state index contributed by atoms with van der Waals surface area (Å²) in [5, 5.41) is 5.03. The average molecular weight is 363 g/mol. The second-order valence-corrected chi connectivity index (χ2v) is 7.73. The van der Waals surface area contributed by atoms with Crippen molar-refractivity contribution in [1.29, 1.82) is 0 Å². The summed E-state index contributed by atoms with van der Waals surface area (Å²) < 4.78 is 29.6. The third-order valence-corrected chi connectivity index (χ3v) is 5.71. The molecule has 1 aromatic carbocycles. The molecule has 9 heteroatoms. The van der Waals surface area contributed by atoms with Crippen molar-refractivity contribution in [2.45, 2.75) is 4.90 Å². The molecule has 0 fully saturated rings. The van der Waals surface area contributed by atoms with Crippen LogP contribution in [0.1, 0.15) is 0 Å². The molecule has 0 bridgehead atoms. The van der Waals surface area contributed by atoms with E-state index < -0.39 is 21.5 Å². The average Bonchev–Trinajstić information content (AvgIpc) is 3.04. The van der Waals surface area contributed by atoms with Crippen LogP contribution in [0.15, 0.2) is 46.9 Å². The summed E-state index contributed by atoms with van der Waals surface area (Å²) in [6.45, 7) is 0. The number of rotatable bonds is 5. The highest BCUT2D eigenvalue weighted by Crippen LogP contribution is 2.24. The normalized spacial score (nSPS) is 11.4. The minimum atomic E-state index is -3.75. The zero-order valence-corrected chi connectivity index (χ0v) is 14.2. The Morgan fingerprint density at radius 3 is 2.67 bits per heavy atom. The molecule has 2 aromatic heterocycles. The number of benzene rings is 1. The van der Waals surface area contributed by atoms with Crippen molar-refractivity contribution in [3.63, 3.8) is 0 Å². The number of thiophene rings is 1. The molecular weight excluding hydrogens is 350 g/mol. The number of aromatic nitrogens is 2. The zero-order chi connectivity index (χ0) is 17.2. The van der Waals surface area contributed by atoms with E-state index >= 15 is 0 Å². The Morgan fingerprint density at radius 2 is 1.96 bits per heavy atom. The van der Waals surface area contributed by atoms with Gasteiger partial charge in [0.15, 0.2) is 9.84 Å². The van der Waals surface area contributed by atoms with E-state index in [1.807, 2.05) is 5.38 Å². The number of hydrogen-bond acceptors (Lipinski definition) is 7. The van der Waals surface area contributed by atoms with Crippen LogP contribution in [0.25, 0.3) is 10.2 Å². The fourth-order valence-corrected chi connectivity index (χ4v) is 3.96. The monoisotopic (exact) mass is 363 g/mol.